The summed E-state index contributed by atoms with van der Waals surface area (Å²) in [5.74, 6) is -0.171. The number of piperazine rings is 1. The van der Waals surface area contributed by atoms with Crippen molar-refractivity contribution in [2.75, 3.05) is 35.8 Å². The molecule has 1 aliphatic heterocycles. The predicted octanol–water partition coefficient (Wildman–Crippen LogP) is 5.34. The van der Waals surface area contributed by atoms with E-state index >= 15 is 0 Å². The predicted molar refractivity (Wildman–Crippen MR) is 142 cm³/mol. The highest BCUT2D eigenvalue weighted by atomic mass is 35.5. The van der Waals surface area contributed by atoms with Gasteiger partial charge >= 0.3 is 0 Å². The number of hydrogen-bond acceptors (Lipinski definition) is 4. The molecule has 4 rings (SSSR count). The highest BCUT2D eigenvalue weighted by molar-refractivity contribution is 7.92. The Morgan fingerprint density at radius 1 is 0.800 bits per heavy atom. The van der Waals surface area contributed by atoms with Gasteiger partial charge in [-0.1, -0.05) is 29.8 Å². The number of halogens is 1. The number of nitrogens with zero attached hydrogens (tertiary/aromatic N) is 2. The summed E-state index contributed by atoms with van der Waals surface area (Å²) in [7, 11) is -3.86. The Labute approximate surface area is 212 Å². The van der Waals surface area contributed by atoms with E-state index in [0.717, 1.165) is 22.4 Å². The van der Waals surface area contributed by atoms with Gasteiger partial charge in [-0.3, -0.25) is 9.52 Å². The lowest BCUT2D eigenvalue weighted by Gasteiger charge is -2.37. The lowest BCUT2D eigenvalue weighted by atomic mass is 10.1. The van der Waals surface area contributed by atoms with Crippen LogP contribution in [-0.2, 0) is 10.0 Å². The summed E-state index contributed by atoms with van der Waals surface area (Å²) in [5, 5.41) is 0.687. The zero-order valence-corrected chi connectivity index (χ0v) is 22.0. The van der Waals surface area contributed by atoms with E-state index in [9.17, 15) is 13.2 Å². The van der Waals surface area contributed by atoms with Crippen LogP contribution in [0.1, 0.15) is 32.6 Å². The number of carbonyl (C=O) groups is 1. The van der Waals surface area contributed by atoms with Crippen LogP contribution in [-0.4, -0.2) is 45.4 Å². The average Bonchev–Trinajstić information content (AvgIpc) is 2.82. The van der Waals surface area contributed by atoms with Gasteiger partial charge in [0.2, 0.25) is 0 Å². The molecule has 35 heavy (non-hydrogen) atoms. The standard InChI is InChI=1S/C27H30ClN3O3S/c1-18-7-10-24(15-21(18)4)29-35(33,34)26-16-22(8-5-20(26)3)27(32)31-13-11-30(12-14-31)25-17-23(28)9-6-19(25)2/h5-10,15-17,29H,11-14H2,1-4H3. The molecule has 1 heterocycles. The fourth-order valence-corrected chi connectivity index (χ4v) is 5.78. The quantitative estimate of drug-likeness (QED) is 0.502. The molecule has 0 saturated carbocycles. The number of rotatable bonds is 5. The molecule has 0 radical (unpaired) electrons. The first-order valence-corrected chi connectivity index (χ1v) is 13.4. The molecule has 184 valence electrons. The second-order valence-corrected chi connectivity index (χ2v) is 11.2. The summed E-state index contributed by atoms with van der Waals surface area (Å²) in [4.78, 5) is 17.4. The number of sulfonamides is 1. The van der Waals surface area contributed by atoms with Gasteiger partial charge in [0.25, 0.3) is 15.9 Å². The smallest absolute Gasteiger partial charge is 0.262 e. The van der Waals surface area contributed by atoms with Gasteiger partial charge in [0, 0.05) is 48.1 Å². The second-order valence-electron chi connectivity index (χ2n) is 9.09. The maximum atomic E-state index is 13.3. The normalized spacial score (nSPS) is 14.2. The number of aryl methyl sites for hydroxylation is 4. The van der Waals surface area contributed by atoms with Crippen molar-refractivity contribution >= 4 is 38.9 Å². The summed E-state index contributed by atoms with van der Waals surface area (Å²) in [6.45, 7) is 10.1. The van der Waals surface area contributed by atoms with E-state index in [-0.39, 0.29) is 10.8 Å². The molecule has 0 aromatic heterocycles. The molecule has 6 nitrogen and oxygen atoms in total. The average molecular weight is 512 g/mol. The zero-order valence-electron chi connectivity index (χ0n) is 20.4. The lowest BCUT2D eigenvalue weighted by molar-refractivity contribution is 0.0746. The van der Waals surface area contributed by atoms with Crippen molar-refractivity contribution in [3.8, 4) is 0 Å². The number of hydrogen-bond donors (Lipinski definition) is 1. The molecule has 1 amide bonds. The number of benzene rings is 3. The number of carbonyl (C=O) groups excluding carboxylic acids is 1. The number of nitrogens with one attached hydrogen (secondary N) is 1. The third-order valence-corrected chi connectivity index (χ3v) is 8.32. The summed E-state index contributed by atoms with van der Waals surface area (Å²) in [6, 6.07) is 16.1. The van der Waals surface area contributed by atoms with E-state index in [2.05, 4.69) is 9.62 Å². The van der Waals surface area contributed by atoms with Crippen molar-refractivity contribution in [2.24, 2.45) is 0 Å². The van der Waals surface area contributed by atoms with Crippen molar-refractivity contribution in [2.45, 2.75) is 32.6 Å². The minimum Gasteiger partial charge on any atom is -0.368 e. The Morgan fingerprint density at radius 2 is 1.46 bits per heavy atom. The van der Waals surface area contributed by atoms with Crippen molar-refractivity contribution in [3.63, 3.8) is 0 Å². The molecule has 3 aromatic rings. The van der Waals surface area contributed by atoms with Gasteiger partial charge in [0.05, 0.1) is 4.90 Å². The van der Waals surface area contributed by atoms with Crippen LogP contribution in [0.2, 0.25) is 5.02 Å². The Bertz CT molecular complexity index is 1380. The Hall–Kier alpha value is -3.03. The van der Waals surface area contributed by atoms with Crippen LogP contribution in [0, 0.1) is 27.7 Å². The molecular weight excluding hydrogens is 482 g/mol. The minimum atomic E-state index is -3.86. The Balaban J connectivity index is 1.50. The monoisotopic (exact) mass is 511 g/mol. The van der Waals surface area contributed by atoms with Crippen LogP contribution in [0.25, 0.3) is 0 Å². The second kappa shape index (κ2) is 9.91. The van der Waals surface area contributed by atoms with E-state index in [1.54, 1.807) is 36.1 Å². The van der Waals surface area contributed by atoms with Crippen LogP contribution >= 0.6 is 11.6 Å². The first-order chi connectivity index (χ1) is 16.5. The van der Waals surface area contributed by atoms with Gasteiger partial charge in [-0.25, -0.2) is 8.42 Å². The van der Waals surface area contributed by atoms with E-state index < -0.39 is 10.0 Å². The van der Waals surface area contributed by atoms with E-state index in [4.69, 9.17) is 11.6 Å². The van der Waals surface area contributed by atoms with Gasteiger partial charge in [0.15, 0.2) is 0 Å². The molecular formula is C27H30ClN3O3S. The molecule has 1 N–H and O–H groups in total. The topological polar surface area (TPSA) is 69.7 Å². The summed E-state index contributed by atoms with van der Waals surface area (Å²) in [6.07, 6.45) is 0. The van der Waals surface area contributed by atoms with Crippen LogP contribution < -0.4 is 9.62 Å². The van der Waals surface area contributed by atoms with Crippen molar-refractivity contribution in [1.82, 2.24) is 4.90 Å². The molecule has 0 atom stereocenters. The molecule has 0 unspecified atom stereocenters. The maximum Gasteiger partial charge on any atom is 0.262 e. The number of anilines is 2. The molecule has 1 fully saturated rings. The van der Waals surface area contributed by atoms with Crippen molar-refractivity contribution < 1.29 is 13.2 Å². The van der Waals surface area contributed by atoms with Crippen LogP contribution in [0.5, 0.6) is 0 Å². The van der Waals surface area contributed by atoms with Crippen molar-refractivity contribution in [1.29, 1.82) is 0 Å². The number of amides is 1. The van der Waals surface area contributed by atoms with Gasteiger partial charge in [-0.2, -0.15) is 0 Å². The van der Waals surface area contributed by atoms with Gasteiger partial charge < -0.3 is 9.80 Å². The minimum absolute atomic E-state index is 0.106. The molecule has 3 aromatic carbocycles. The highest BCUT2D eigenvalue weighted by Crippen LogP contribution is 2.27. The molecule has 0 bridgehead atoms. The van der Waals surface area contributed by atoms with Crippen LogP contribution in [0.4, 0.5) is 11.4 Å². The van der Waals surface area contributed by atoms with Gasteiger partial charge in [0.1, 0.15) is 0 Å². The fraction of sp³-hybridized carbons (Fsp3) is 0.296. The van der Waals surface area contributed by atoms with Gasteiger partial charge in [-0.15, -0.1) is 0 Å². The van der Waals surface area contributed by atoms with E-state index in [0.29, 0.717) is 48.0 Å². The zero-order chi connectivity index (χ0) is 25.3. The first-order valence-electron chi connectivity index (χ1n) is 11.6. The summed E-state index contributed by atoms with van der Waals surface area (Å²) in [5.41, 5.74) is 5.74. The highest BCUT2D eigenvalue weighted by Gasteiger charge is 2.25. The van der Waals surface area contributed by atoms with E-state index in [1.165, 1.54) is 6.07 Å². The summed E-state index contributed by atoms with van der Waals surface area (Å²) < 4.78 is 29.0. The van der Waals surface area contributed by atoms with Gasteiger partial charge in [-0.05, 0) is 86.3 Å². The molecule has 0 aliphatic carbocycles. The van der Waals surface area contributed by atoms with Crippen LogP contribution in [0.3, 0.4) is 0 Å². The fourth-order valence-electron chi connectivity index (χ4n) is 4.29. The maximum absolute atomic E-state index is 13.3. The molecule has 0 spiro atoms. The lowest BCUT2D eigenvalue weighted by Crippen LogP contribution is -2.49. The third kappa shape index (κ3) is 5.46. The van der Waals surface area contributed by atoms with Crippen molar-refractivity contribution in [3.05, 3.63) is 87.4 Å². The van der Waals surface area contributed by atoms with E-state index in [1.807, 2.05) is 45.0 Å². The van der Waals surface area contributed by atoms with Crippen LogP contribution in [0.15, 0.2) is 59.5 Å². The summed E-state index contributed by atoms with van der Waals surface area (Å²) >= 11 is 6.18. The molecule has 1 aliphatic rings. The Morgan fingerprint density at radius 3 is 2.14 bits per heavy atom. The first kappa shape index (κ1) is 25.1. The third-order valence-electron chi connectivity index (χ3n) is 6.56. The largest absolute Gasteiger partial charge is 0.368 e. The Kier molecular flexibility index (Phi) is 7.10. The SMILES string of the molecule is Cc1ccc(NS(=O)(=O)c2cc(C(=O)N3CCN(c4cc(Cl)ccc4C)CC3)ccc2C)cc1C. The molecule has 1 saturated heterocycles. The molecule has 8 heteroatoms.